The fraction of sp³-hybridized carbons (Fsp3) is 0.857. The van der Waals surface area contributed by atoms with Gasteiger partial charge in [0.1, 0.15) is 0 Å². The molecule has 0 spiro atoms. The summed E-state index contributed by atoms with van der Waals surface area (Å²) in [6.45, 7) is 7.33. The normalized spacial score (nSPS) is 26.6. The van der Waals surface area contributed by atoms with E-state index in [9.17, 15) is 19.8 Å². The van der Waals surface area contributed by atoms with E-state index in [0.717, 1.165) is 49.0 Å². The van der Waals surface area contributed by atoms with E-state index in [2.05, 4.69) is 35.7 Å². The number of carbonyl (C=O) groups is 2. The zero-order valence-electron chi connectivity index (χ0n) is 21.9. The molecule has 4 nitrogen and oxygen atoms in total. The first-order chi connectivity index (χ1) is 16.0. The molecule has 196 valence electrons. The van der Waals surface area contributed by atoms with Gasteiger partial charge in [0.2, 0.25) is 0 Å². The summed E-state index contributed by atoms with van der Waals surface area (Å²) in [6, 6.07) is 0. The first kappa shape index (κ1) is 29.6. The number of hydrogen-bond acceptors (Lipinski definition) is 4. The van der Waals surface area contributed by atoms with Gasteiger partial charge in [0, 0.05) is 21.0 Å². The van der Waals surface area contributed by atoms with Crippen molar-refractivity contribution in [3.05, 3.63) is 12.2 Å². The van der Waals surface area contributed by atoms with Gasteiger partial charge in [0.05, 0.1) is 10.8 Å². The van der Waals surface area contributed by atoms with Crippen LogP contribution in [0.2, 0.25) is 0 Å². The van der Waals surface area contributed by atoms with Crippen molar-refractivity contribution in [2.24, 2.45) is 10.8 Å². The molecule has 4 atom stereocenters. The third-order valence-electron chi connectivity index (χ3n) is 7.62. The standard InChI is InChI=1S/C28H48O4S2/c1-27(2,25(29)30)19-7-5-11-21-13-9-15-23(33-21)17-18-24-16-10-14-22(34-24)12-6-8-20-28(3,4)26(31)32/h17-18,21-24H,5-16,19-20H2,1-4H3,(H,29,30)(H,31,32)/b18-17-. The van der Waals surface area contributed by atoms with Crippen molar-refractivity contribution < 1.29 is 19.8 Å². The third-order valence-corrected chi connectivity index (χ3v) is 10.8. The average Bonchev–Trinajstić information content (AvgIpc) is 2.79. The lowest BCUT2D eigenvalue weighted by atomic mass is 9.87. The highest BCUT2D eigenvalue weighted by Crippen LogP contribution is 2.39. The number of carboxylic acid groups (broad SMARTS) is 2. The van der Waals surface area contributed by atoms with E-state index in [1.54, 1.807) is 0 Å². The lowest BCUT2D eigenvalue weighted by Crippen LogP contribution is -2.23. The fourth-order valence-electron chi connectivity index (χ4n) is 4.91. The van der Waals surface area contributed by atoms with Crippen molar-refractivity contribution in [3.8, 4) is 0 Å². The Labute approximate surface area is 216 Å². The van der Waals surface area contributed by atoms with Crippen molar-refractivity contribution in [1.29, 1.82) is 0 Å². The van der Waals surface area contributed by atoms with Crippen LogP contribution in [0.15, 0.2) is 12.2 Å². The number of unbranched alkanes of at least 4 members (excludes halogenated alkanes) is 2. The van der Waals surface area contributed by atoms with Gasteiger partial charge in [-0.25, -0.2) is 0 Å². The topological polar surface area (TPSA) is 74.6 Å². The van der Waals surface area contributed by atoms with Crippen LogP contribution in [-0.2, 0) is 9.59 Å². The molecule has 0 aromatic carbocycles. The number of rotatable bonds is 14. The van der Waals surface area contributed by atoms with Crippen molar-refractivity contribution in [2.75, 3.05) is 0 Å². The lowest BCUT2D eigenvalue weighted by molar-refractivity contribution is -0.148. The molecule has 0 aromatic heterocycles. The van der Waals surface area contributed by atoms with Crippen LogP contribution in [0.3, 0.4) is 0 Å². The maximum atomic E-state index is 11.3. The molecule has 0 bridgehead atoms. The predicted molar refractivity (Wildman–Crippen MR) is 147 cm³/mol. The molecule has 0 saturated carbocycles. The van der Waals surface area contributed by atoms with Crippen molar-refractivity contribution in [3.63, 3.8) is 0 Å². The SMILES string of the molecule is CC(C)(CCCCC1CCCC(/C=C\C2CCCC(CCCCC(C)(C)C(=O)O)S2)S1)C(=O)O. The molecule has 0 amide bonds. The van der Waals surface area contributed by atoms with Crippen molar-refractivity contribution >= 4 is 35.5 Å². The highest BCUT2D eigenvalue weighted by Gasteiger charge is 2.28. The van der Waals surface area contributed by atoms with Gasteiger partial charge in [-0.3, -0.25) is 9.59 Å². The predicted octanol–water partition coefficient (Wildman–Crippen LogP) is 8.19. The minimum atomic E-state index is -0.685. The van der Waals surface area contributed by atoms with E-state index in [-0.39, 0.29) is 0 Å². The van der Waals surface area contributed by atoms with Crippen LogP contribution in [0.25, 0.3) is 0 Å². The molecule has 2 saturated heterocycles. The molecule has 2 aliphatic rings. The number of aliphatic carboxylic acids is 2. The van der Waals surface area contributed by atoms with E-state index in [0.29, 0.717) is 10.5 Å². The molecule has 2 rings (SSSR count). The van der Waals surface area contributed by atoms with Gasteiger partial charge in [0.25, 0.3) is 0 Å². The number of hydrogen-bond donors (Lipinski definition) is 2. The van der Waals surface area contributed by atoms with Gasteiger partial charge in [-0.05, 0) is 79.1 Å². The molecule has 2 fully saturated rings. The molecule has 2 aliphatic heterocycles. The Morgan fingerprint density at radius 2 is 1.09 bits per heavy atom. The summed E-state index contributed by atoms with van der Waals surface area (Å²) >= 11 is 4.29. The third kappa shape index (κ3) is 10.6. The van der Waals surface area contributed by atoms with Gasteiger partial charge in [-0.15, -0.1) is 0 Å². The van der Waals surface area contributed by atoms with Gasteiger partial charge in [-0.2, -0.15) is 23.5 Å². The van der Waals surface area contributed by atoms with Gasteiger partial charge < -0.3 is 10.2 Å². The van der Waals surface area contributed by atoms with E-state index in [1.165, 1.54) is 51.4 Å². The van der Waals surface area contributed by atoms with Crippen LogP contribution in [0.4, 0.5) is 0 Å². The fourth-order valence-corrected chi connectivity index (χ4v) is 8.08. The Balaban J connectivity index is 1.67. The Kier molecular flexibility index (Phi) is 12.4. The summed E-state index contributed by atoms with van der Waals surface area (Å²) in [5, 5.41) is 21.3. The van der Waals surface area contributed by atoms with Gasteiger partial charge in [0.15, 0.2) is 0 Å². The van der Waals surface area contributed by atoms with E-state index in [4.69, 9.17) is 0 Å². The second kappa shape index (κ2) is 14.2. The molecule has 0 aliphatic carbocycles. The van der Waals surface area contributed by atoms with Crippen LogP contribution in [0.1, 0.15) is 118 Å². The molecule has 4 unspecified atom stereocenters. The van der Waals surface area contributed by atoms with Crippen LogP contribution in [0.5, 0.6) is 0 Å². The summed E-state index contributed by atoms with van der Waals surface area (Å²) < 4.78 is 0. The molecule has 6 heteroatoms. The van der Waals surface area contributed by atoms with E-state index < -0.39 is 22.8 Å². The molecular weight excluding hydrogens is 464 g/mol. The summed E-state index contributed by atoms with van der Waals surface area (Å²) in [5.41, 5.74) is -1.20. The first-order valence-electron chi connectivity index (χ1n) is 13.5. The zero-order chi connectivity index (χ0) is 25.2. The molecule has 34 heavy (non-hydrogen) atoms. The second-order valence-corrected chi connectivity index (χ2v) is 14.8. The first-order valence-corrected chi connectivity index (χ1v) is 15.3. The van der Waals surface area contributed by atoms with E-state index in [1.807, 2.05) is 27.7 Å². The lowest BCUT2D eigenvalue weighted by Gasteiger charge is -2.29. The number of carboxylic acids is 2. The van der Waals surface area contributed by atoms with Crippen molar-refractivity contribution in [2.45, 2.75) is 139 Å². The van der Waals surface area contributed by atoms with E-state index >= 15 is 0 Å². The summed E-state index contributed by atoms with van der Waals surface area (Å²) in [5.74, 6) is -1.37. The molecule has 2 heterocycles. The minimum absolute atomic E-state index is 0.602. The molecule has 0 radical (unpaired) electrons. The minimum Gasteiger partial charge on any atom is -0.481 e. The molecule has 2 N–H and O–H groups in total. The Morgan fingerprint density at radius 1 is 0.706 bits per heavy atom. The zero-order valence-corrected chi connectivity index (χ0v) is 23.5. The van der Waals surface area contributed by atoms with Crippen LogP contribution in [-0.4, -0.2) is 43.2 Å². The second-order valence-electron chi connectivity index (χ2n) is 11.7. The summed E-state index contributed by atoms with van der Waals surface area (Å²) in [6.07, 6.45) is 21.0. The molecule has 0 aromatic rings. The highest BCUT2D eigenvalue weighted by atomic mass is 32.2. The highest BCUT2D eigenvalue weighted by molar-refractivity contribution is 8.01. The van der Waals surface area contributed by atoms with Gasteiger partial charge >= 0.3 is 11.9 Å². The number of thioether (sulfide) groups is 2. The Bertz CT molecular complexity index is 617. The average molecular weight is 513 g/mol. The maximum absolute atomic E-state index is 11.3. The summed E-state index contributed by atoms with van der Waals surface area (Å²) in [7, 11) is 0. The Morgan fingerprint density at radius 3 is 1.44 bits per heavy atom. The summed E-state index contributed by atoms with van der Waals surface area (Å²) in [4.78, 5) is 22.5. The van der Waals surface area contributed by atoms with Crippen LogP contribution < -0.4 is 0 Å². The van der Waals surface area contributed by atoms with Crippen molar-refractivity contribution in [1.82, 2.24) is 0 Å². The Hall–Kier alpha value is -0.620. The quantitative estimate of drug-likeness (QED) is 0.180. The maximum Gasteiger partial charge on any atom is 0.309 e. The smallest absolute Gasteiger partial charge is 0.309 e. The monoisotopic (exact) mass is 512 g/mol. The van der Waals surface area contributed by atoms with Crippen LogP contribution >= 0.6 is 23.5 Å². The largest absolute Gasteiger partial charge is 0.481 e. The van der Waals surface area contributed by atoms with Gasteiger partial charge in [-0.1, -0.05) is 50.7 Å². The van der Waals surface area contributed by atoms with Crippen LogP contribution in [0, 0.1) is 10.8 Å². The molecular formula is C28H48O4S2.